The Morgan fingerprint density at radius 2 is 1.24 bits per heavy atom. The first-order valence-corrected chi connectivity index (χ1v) is 10.8. The van der Waals surface area contributed by atoms with Gasteiger partial charge in [0.1, 0.15) is 0 Å². The predicted octanol–water partition coefficient (Wildman–Crippen LogP) is 1.77. The standard InChI is InChI=1S/C17H20N2O4S2/c1-15-14-18(24(20,21)16-8-4-2-5-9-16)12-13-19(15)25(22,23)17-10-6-3-7-11-17/h2-11,15H,12-14H2,1H3. The van der Waals surface area contributed by atoms with E-state index in [-0.39, 0.29) is 29.4 Å². The van der Waals surface area contributed by atoms with Gasteiger partial charge in [0.05, 0.1) is 9.79 Å². The number of sulfonamides is 2. The van der Waals surface area contributed by atoms with Crippen molar-refractivity contribution < 1.29 is 16.8 Å². The second kappa shape index (κ2) is 6.87. The Hall–Kier alpha value is -1.74. The molecule has 1 saturated heterocycles. The van der Waals surface area contributed by atoms with E-state index in [9.17, 15) is 16.8 Å². The van der Waals surface area contributed by atoms with Crippen LogP contribution in [0.1, 0.15) is 6.92 Å². The normalized spacial score (nSPS) is 20.4. The molecule has 3 rings (SSSR count). The third-order valence-corrected chi connectivity index (χ3v) is 8.17. The van der Waals surface area contributed by atoms with Crippen LogP contribution >= 0.6 is 0 Å². The summed E-state index contributed by atoms with van der Waals surface area (Å²) in [6.45, 7) is 2.12. The van der Waals surface area contributed by atoms with Crippen LogP contribution in [0, 0.1) is 0 Å². The van der Waals surface area contributed by atoms with Gasteiger partial charge in [0.25, 0.3) is 0 Å². The maximum absolute atomic E-state index is 12.8. The van der Waals surface area contributed by atoms with Crippen LogP contribution in [-0.4, -0.2) is 51.1 Å². The zero-order chi connectivity index (χ0) is 18.1. The van der Waals surface area contributed by atoms with Gasteiger partial charge in [-0.2, -0.15) is 8.61 Å². The molecule has 1 fully saturated rings. The molecule has 1 aliphatic rings. The zero-order valence-electron chi connectivity index (χ0n) is 13.8. The third-order valence-electron chi connectivity index (χ3n) is 4.26. The molecule has 25 heavy (non-hydrogen) atoms. The summed E-state index contributed by atoms with van der Waals surface area (Å²) in [6.07, 6.45) is 0. The number of rotatable bonds is 4. The smallest absolute Gasteiger partial charge is 0.207 e. The van der Waals surface area contributed by atoms with E-state index in [2.05, 4.69) is 0 Å². The summed E-state index contributed by atoms with van der Waals surface area (Å²) in [5.74, 6) is 0. The molecule has 0 radical (unpaired) electrons. The SMILES string of the molecule is CC1CN(S(=O)(=O)c2ccccc2)CCN1S(=O)(=O)c1ccccc1. The number of nitrogens with zero attached hydrogens (tertiary/aromatic N) is 2. The second-order valence-electron chi connectivity index (χ2n) is 5.95. The Morgan fingerprint density at radius 1 is 0.760 bits per heavy atom. The van der Waals surface area contributed by atoms with E-state index in [0.29, 0.717) is 0 Å². The van der Waals surface area contributed by atoms with Crippen molar-refractivity contribution in [2.24, 2.45) is 0 Å². The fourth-order valence-corrected chi connectivity index (χ4v) is 6.12. The molecule has 0 spiro atoms. The summed E-state index contributed by atoms with van der Waals surface area (Å²) in [5.41, 5.74) is 0. The molecule has 0 bridgehead atoms. The maximum atomic E-state index is 12.8. The van der Waals surface area contributed by atoms with E-state index < -0.39 is 26.1 Å². The fraction of sp³-hybridized carbons (Fsp3) is 0.294. The van der Waals surface area contributed by atoms with E-state index in [4.69, 9.17) is 0 Å². The van der Waals surface area contributed by atoms with Crippen molar-refractivity contribution in [2.45, 2.75) is 22.8 Å². The van der Waals surface area contributed by atoms with E-state index in [1.54, 1.807) is 67.6 Å². The highest BCUT2D eigenvalue weighted by atomic mass is 32.2. The molecule has 8 heteroatoms. The van der Waals surface area contributed by atoms with Crippen LogP contribution in [0.5, 0.6) is 0 Å². The molecular formula is C17H20N2O4S2. The molecular weight excluding hydrogens is 360 g/mol. The van der Waals surface area contributed by atoms with Gasteiger partial charge in [-0.3, -0.25) is 0 Å². The average Bonchev–Trinajstić information content (AvgIpc) is 2.63. The highest BCUT2D eigenvalue weighted by molar-refractivity contribution is 7.89. The highest BCUT2D eigenvalue weighted by Gasteiger charge is 2.37. The van der Waals surface area contributed by atoms with Crippen molar-refractivity contribution in [1.82, 2.24) is 8.61 Å². The van der Waals surface area contributed by atoms with Crippen molar-refractivity contribution in [3.63, 3.8) is 0 Å². The van der Waals surface area contributed by atoms with Crippen LogP contribution in [0.25, 0.3) is 0 Å². The molecule has 1 aliphatic heterocycles. The summed E-state index contributed by atoms with van der Waals surface area (Å²) in [7, 11) is -7.25. The number of hydrogen-bond donors (Lipinski definition) is 0. The average molecular weight is 380 g/mol. The summed E-state index contributed by atoms with van der Waals surface area (Å²) < 4.78 is 53.7. The van der Waals surface area contributed by atoms with Gasteiger partial charge in [-0.15, -0.1) is 0 Å². The van der Waals surface area contributed by atoms with Crippen LogP contribution in [-0.2, 0) is 20.0 Å². The van der Waals surface area contributed by atoms with Gasteiger partial charge < -0.3 is 0 Å². The van der Waals surface area contributed by atoms with Crippen LogP contribution in [0.2, 0.25) is 0 Å². The Labute approximate surface area is 148 Å². The molecule has 1 heterocycles. The zero-order valence-corrected chi connectivity index (χ0v) is 15.4. The van der Waals surface area contributed by atoms with Crippen LogP contribution in [0.4, 0.5) is 0 Å². The molecule has 0 aromatic heterocycles. The summed E-state index contributed by atoms with van der Waals surface area (Å²) in [5, 5.41) is 0. The van der Waals surface area contributed by atoms with Gasteiger partial charge in [0.2, 0.25) is 20.0 Å². The van der Waals surface area contributed by atoms with E-state index in [1.807, 2.05) is 0 Å². The molecule has 2 aromatic carbocycles. The largest absolute Gasteiger partial charge is 0.243 e. The van der Waals surface area contributed by atoms with Gasteiger partial charge >= 0.3 is 0 Å². The lowest BCUT2D eigenvalue weighted by atomic mass is 10.3. The minimum absolute atomic E-state index is 0.128. The quantitative estimate of drug-likeness (QED) is 0.810. The number of piperazine rings is 1. The second-order valence-corrected chi connectivity index (χ2v) is 9.78. The van der Waals surface area contributed by atoms with Crippen LogP contribution in [0.3, 0.4) is 0 Å². The summed E-state index contributed by atoms with van der Waals surface area (Å²) >= 11 is 0. The van der Waals surface area contributed by atoms with E-state index >= 15 is 0 Å². The molecule has 0 N–H and O–H groups in total. The lowest BCUT2D eigenvalue weighted by molar-refractivity contribution is 0.212. The number of benzene rings is 2. The van der Waals surface area contributed by atoms with Crippen LogP contribution in [0.15, 0.2) is 70.5 Å². The summed E-state index contributed by atoms with van der Waals surface area (Å²) in [6, 6.07) is 16.0. The highest BCUT2D eigenvalue weighted by Crippen LogP contribution is 2.24. The van der Waals surface area contributed by atoms with Gasteiger partial charge in [-0.25, -0.2) is 16.8 Å². The molecule has 0 aliphatic carbocycles. The lowest BCUT2D eigenvalue weighted by Gasteiger charge is -2.38. The topological polar surface area (TPSA) is 74.8 Å². The van der Waals surface area contributed by atoms with Crippen molar-refractivity contribution in [3.05, 3.63) is 60.7 Å². The monoisotopic (exact) mass is 380 g/mol. The molecule has 2 aromatic rings. The Morgan fingerprint density at radius 3 is 1.72 bits per heavy atom. The molecule has 0 amide bonds. The van der Waals surface area contributed by atoms with Gasteiger partial charge in [0.15, 0.2) is 0 Å². The molecule has 6 nitrogen and oxygen atoms in total. The number of hydrogen-bond acceptors (Lipinski definition) is 4. The minimum atomic E-state index is -3.63. The molecule has 1 atom stereocenters. The van der Waals surface area contributed by atoms with Crippen molar-refractivity contribution in [1.29, 1.82) is 0 Å². The molecule has 134 valence electrons. The Bertz CT molecular complexity index is 929. The third kappa shape index (κ3) is 3.48. The van der Waals surface area contributed by atoms with Crippen molar-refractivity contribution >= 4 is 20.0 Å². The van der Waals surface area contributed by atoms with Crippen molar-refractivity contribution in [3.8, 4) is 0 Å². The van der Waals surface area contributed by atoms with E-state index in [1.165, 1.54) is 8.61 Å². The Balaban J connectivity index is 1.82. The van der Waals surface area contributed by atoms with Crippen molar-refractivity contribution in [2.75, 3.05) is 19.6 Å². The predicted molar refractivity (Wildman–Crippen MR) is 95.0 cm³/mol. The van der Waals surface area contributed by atoms with Gasteiger partial charge in [-0.05, 0) is 31.2 Å². The maximum Gasteiger partial charge on any atom is 0.243 e. The Kier molecular flexibility index (Phi) is 4.97. The minimum Gasteiger partial charge on any atom is -0.207 e. The van der Waals surface area contributed by atoms with Gasteiger partial charge in [-0.1, -0.05) is 36.4 Å². The van der Waals surface area contributed by atoms with Crippen LogP contribution < -0.4 is 0 Å². The fourth-order valence-electron chi connectivity index (χ4n) is 2.95. The van der Waals surface area contributed by atoms with E-state index in [0.717, 1.165) is 0 Å². The first-order valence-electron chi connectivity index (χ1n) is 7.95. The lowest BCUT2D eigenvalue weighted by Crippen LogP contribution is -2.55. The first kappa shape index (κ1) is 18.1. The molecule has 0 saturated carbocycles. The first-order chi connectivity index (χ1) is 11.8. The molecule has 1 unspecified atom stereocenters. The summed E-state index contributed by atoms with van der Waals surface area (Å²) in [4.78, 5) is 0.447. The van der Waals surface area contributed by atoms with Gasteiger partial charge in [0, 0.05) is 25.7 Å².